The van der Waals surface area contributed by atoms with Crippen LogP contribution in [-0.2, 0) is 16.6 Å². The Labute approximate surface area is 175 Å². The molecular formula is C19H22Cl2N2O4S. The van der Waals surface area contributed by atoms with Gasteiger partial charge in [0.15, 0.2) is 0 Å². The second kappa shape index (κ2) is 9.43. The highest BCUT2D eigenvalue weighted by Gasteiger charge is 2.28. The van der Waals surface area contributed by atoms with Gasteiger partial charge in [-0.3, -0.25) is 4.90 Å². The molecule has 0 saturated carbocycles. The topological polar surface area (TPSA) is 70.1 Å². The van der Waals surface area contributed by atoms with Crippen molar-refractivity contribution in [2.45, 2.75) is 11.4 Å². The van der Waals surface area contributed by atoms with Crippen LogP contribution in [0, 0.1) is 0 Å². The molecule has 0 atom stereocenters. The lowest BCUT2D eigenvalue weighted by atomic mass is 10.2. The second-order valence-corrected chi connectivity index (χ2v) is 9.22. The Hall–Kier alpha value is -1.35. The number of sulfonamides is 1. The van der Waals surface area contributed by atoms with Crippen molar-refractivity contribution in [1.82, 2.24) is 9.21 Å². The molecule has 1 aliphatic heterocycles. The average molecular weight is 445 g/mol. The molecule has 1 saturated heterocycles. The monoisotopic (exact) mass is 444 g/mol. The second-order valence-electron chi connectivity index (χ2n) is 6.47. The Morgan fingerprint density at radius 3 is 2.25 bits per heavy atom. The number of hydrogen-bond acceptors (Lipinski definition) is 5. The van der Waals surface area contributed by atoms with Gasteiger partial charge in [0.05, 0.1) is 21.5 Å². The predicted molar refractivity (Wildman–Crippen MR) is 110 cm³/mol. The molecule has 1 N–H and O–H groups in total. The summed E-state index contributed by atoms with van der Waals surface area (Å²) in [5.74, 6) is 0.718. The number of ether oxygens (including phenoxy) is 1. The molecule has 0 spiro atoms. The minimum Gasteiger partial charge on any atom is -0.491 e. The SMILES string of the molecule is O=S(=O)(c1ccc(Cl)c(Cl)c1)N1CCN(Cc2ccc(OCCO)cc2)CC1. The number of halogens is 2. The van der Waals surface area contributed by atoms with Crippen molar-refractivity contribution in [2.75, 3.05) is 39.4 Å². The summed E-state index contributed by atoms with van der Waals surface area (Å²) in [5.41, 5.74) is 1.12. The zero-order valence-corrected chi connectivity index (χ0v) is 17.6. The number of hydrogen-bond donors (Lipinski definition) is 1. The first-order valence-corrected chi connectivity index (χ1v) is 11.1. The third-order valence-corrected chi connectivity index (χ3v) is 7.18. The zero-order valence-electron chi connectivity index (χ0n) is 15.2. The third kappa shape index (κ3) is 5.17. The fraction of sp³-hybridized carbons (Fsp3) is 0.368. The Bertz CT molecular complexity index is 899. The van der Waals surface area contributed by atoms with Gasteiger partial charge in [0.2, 0.25) is 10.0 Å². The largest absolute Gasteiger partial charge is 0.491 e. The molecule has 0 aliphatic carbocycles. The highest BCUT2D eigenvalue weighted by atomic mass is 35.5. The van der Waals surface area contributed by atoms with Crippen LogP contribution in [0.15, 0.2) is 47.4 Å². The van der Waals surface area contributed by atoms with Gasteiger partial charge >= 0.3 is 0 Å². The van der Waals surface area contributed by atoms with Crippen LogP contribution >= 0.6 is 23.2 Å². The van der Waals surface area contributed by atoms with Crippen molar-refractivity contribution < 1.29 is 18.3 Å². The minimum atomic E-state index is -3.59. The summed E-state index contributed by atoms with van der Waals surface area (Å²) < 4.78 is 32.5. The molecule has 1 heterocycles. The molecule has 152 valence electrons. The van der Waals surface area contributed by atoms with E-state index in [-0.39, 0.29) is 23.1 Å². The van der Waals surface area contributed by atoms with Crippen molar-refractivity contribution in [3.8, 4) is 5.75 Å². The molecule has 3 rings (SSSR count). The van der Waals surface area contributed by atoms with Crippen LogP contribution in [0.3, 0.4) is 0 Å². The van der Waals surface area contributed by atoms with Crippen molar-refractivity contribution in [3.63, 3.8) is 0 Å². The highest BCUT2D eigenvalue weighted by Crippen LogP contribution is 2.27. The molecule has 2 aromatic rings. The van der Waals surface area contributed by atoms with Crippen LogP contribution in [0.2, 0.25) is 10.0 Å². The fourth-order valence-electron chi connectivity index (χ4n) is 3.03. The lowest BCUT2D eigenvalue weighted by Gasteiger charge is -2.34. The summed E-state index contributed by atoms with van der Waals surface area (Å²) in [6.45, 7) is 3.11. The molecule has 0 radical (unpaired) electrons. The number of nitrogens with zero attached hydrogens (tertiary/aromatic N) is 2. The molecule has 1 aliphatic rings. The summed E-state index contributed by atoms with van der Waals surface area (Å²) in [6, 6.07) is 12.1. The van der Waals surface area contributed by atoms with Crippen LogP contribution in [0.25, 0.3) is 0 Å². The number of aliphatic hydroxyl groups excluding tert-OH is 1. The Morgan fingerprint density at radius 2 is 1.64 bits per heavy atom. The predicted octanol–water partition coefficient (Wildman–Crippen LogP) is 2.87. The van der Waals surface area contributed by atoms with E-state index in [9.17, 15) is 8.42 Å². The van der Waals surface area contributed by atoms with E-state index in [2.05, 4.69) is 4.90 Å². The summed E-state index contributed by atoms with van der Waals surface area (Å²) in [4.78, 5) is 2.37. The first kappa shape index (κ1) is 21.4. The highest BCUT2D eigenvalue weighted by molar-refractivity contribution is 7.89. The maximum absolute atomic E-state index is 12.8. The van der Waals surface area contributed by atoms with Crippen molar-refractivity contribution in [2.24, 2.45) is 0 Å². The summed E-state index contributed by atoms with van der Waals surface area (Å²) in [5, 5.41) is 9.35. The maximum atomic E-state index is 12.8. The standard InChI is InChI=1S/C19H22Cl2N2O4S/c20-18-6-5-17(13-19(18)21)28(25,26)23-9-7-22(8-10-23)14-15-1-3-16(4-2-15)27-12-11-24/h1-6,13,24H,7-12,14H2. The lowest BCUT2D eigenvalue weighted by molar-refractivity contribution is 0.181. The summed E-state index contributed by atoms with van der Waals surface area (Å²) in [7, 11) is -3.59. The number of rotatable bonds is 7. The van der Waals surface area contributed by atoms with E-state index >= 15 is 0 Å². The van der Waals surface area contributed by atoms with Gasteiger partial charge in [-0.1, -0.05) is 35.3 Å². The molecule has 1 fully saturated rings. The first-order chi connectivity index (χ1) is 13.4. The van der Waals surface area contributed by atoms with E-state index < -0.39 is 10.0 Å². The first-order valence-electron chi connectivity index (χ1n) is 8.90. The molecule has 0 bridgehead atoms. The summed E-state index contributed by atoms with van der Waals surface area (Å²) >= 11 is 11.8. The van der Waals surface area contributed by atoms with E-state index in [1.807, 2.05) is 24.3 Å². The molecule has 0 unspecified atom stereocenters. The van der Waals surface area contributed by atoms with Crippen molar-refractivity contribution in [1.29, 1.82) is 0 Å². The molecule has 28 heavy (non-hydrogen) atoms. The van der Waals surface area contributed by atoms with Gasteiger partial charge in [0.1, 0.15) is 12.4 Å². The molecule has 6 nitrogen and oxygen atoms in total. The number of aliphatic hydroxyl groups is 1. The van der Waals surface area contributed by atoms with Crippen LogP contribution in [0.5, 0.6) is 5.75 Å². The molecular weight excluding hydrogens is 423 g/mol. The number of piperazine rings is 1. The van der Waals surface area contributed by atoms with E-state index in [1.54, 1.807) is 0 Å². The fourth-order valence-corrected chi connectivity index (χ4v) is 4.84. The molecule has 9 heteroatoms. The molecule has 2 aromatic carbocycles. The van der Waals surface area contributed by atoms with E-state index in [1.165, 1.54) is 22.5 Å². The smallest absolute Gasteiger partial charge is 0.243 e. The van der Waals surface area contributed by atoms with Crippen LogP contribution in [0.4, 0.5) is 0 Å². The van der Waals surface area contributed by atoms with Crippen molar-refractivity contribution in [3.05, 3.63) is 58.1 Å². The van der Waals surface area contributed by atoms with Gasteiger partial charge in [0.25, 0.3) is 0 Å². The van der Waals surface area contributed by atoms with E-state index in [0.717, 1.165) is 17.9 Å². The van der Waals surface area contributed by atoms with Crippen LogP contribution < -0.4 is 4.74 Å². The van der Waals surface area contributed by atoms with Gasteiger partial charge in [-0.25, -0.2) is 8.42 Å². The van der Waals surface area contributed by atoms with Crippen molar-refractivity contribution >= 4 is 33.2 Å². The quantitative estimate of drug-likeness (QED) is 0.710. The Balaban J connectivity index is 1.57. The lowest BCUT2D eigenvalue weighted by Crippen LogP contribution is -2.48. The maximum Gasteiger partial charge on any atom is 0.243 e. The zero-order chi connectivity index (χ0) is 20.1. The van der Waals surface area contributed by atoms with Gasteiger partial charge in [0, 0.05) is 32.7 Å². The Kier molecular flexibility index (Phi) is 7.20. The third-order valence-electron chi connectivity index (χ3n) is 4.55. The van der Waals surface area contributed by atoms with Gasteiger partial charge in [-0.2, -0.15) is 4.31 Å². The van der Waals surface area contributed by atoms with Gasteiger partial charge < -0.3 is 9.84 Å². The molecule has 0 aromatic heterocycles. The average Bonchev–Trinajstić information content (AvgIpc) is 2.70. The Morgan fingerprint density at radius 1 is 0.964 bits per heavy atom. The summed E-state index contributed by atoms with van der Waals surface area (Å²) in [6.07, 6.45) is 0. The van der Waals surface area contributed by atoms with E-state index in [0.29, 0.717) is 31.2 Å². The number of benzene rings is 2. The molecule has 0 amide bonds. The normalized spacial score (nSPS) is 16.2. The van der Waals surface area contributed by atoms with Crippen LogP contribution in [-0.4, -0.2) is 62.1 Å². The van der Waals surface area contributed by atoms with Gasteiger partial charge in [-0.15, -0.1) is 0 Å². The minimum absolute atomic E-state index is 0.0167. The van der Waals surface area contributed by atoms with Crippen LogP contribution in [0.1, 0.15) is 5.56 Å². The van der Waals surface area contributed by atoms with E-state index in [4.69, 9.17) is 33.0 Å². The van der Waals surface area contributed by atoms with Gasteiger partial charge in [-0.05, 0) is 35.9 Å².